The van der Waals surface area contributed by atoms with E-state index >= 15 is 0 Å². The molecule has 0 heteroatoms. The van der Waals surface area contributed by atoms with Crippen molar-refractivity contribution in [1.29, 1.82) is 0 Å². The fraction of sp³-hybridized carbons (Fsp3) is 0.636. The van der Waals surface area contributed by atoms with E-state index in [2.05, 4.69) is 33.9 Å². The van der Waals surface area contributed by atoms with Gasteiger partial charge in [-0.05, 0) is 25.2 Å². The largest absolute Gasteiger partial charge is 0.103 e. The Bertz CT molecular complexity index is 144. The molecule has 0 aliphatic carbocycles. The topological polar surface area (TPSA) is 0 Å². The molecule has 0 rings (SSSR count). The molecule has 0 saturated heterocycles. The van der Waals surface area contributed by atoms with Gasteiger partial charge in [-0.2, -0.15) is 0 Å². The molecule has 11 heavy (non-hydrogen) atoms. The van der Waals surface area contributed by atoms with E-state index < -0.39 is 0 Å². The molecule has 0 spiro atoms. The van der Waals surface area contributed by atoms with Gasteiger partial charge in [0.15, 0.2) is 0 Å². The van der Waals surface area contributed by atoms with Crippen molar-refractivity contribution in [3.8, 4) is 0 Å². The maximum Gasteiger partial charge on any atom is -0.00876 e. The lowest BCUT2D eigenvalue weighted by Gasteiger charge is -2.28. The van der Waals surface area contributed by atoms with Crippen LogP contribution in [0.4, 0.5) is 0 Å². The van der Waals surface area contributed by atoms with Crippen LogP contribution in [0.5, 0.6) is 0 Å². The number of hydrogen-bond acceptors (Lipinski definition) is 0. The summed E-state index contributed by atoms with van der Waals surface area (Å²) in [5.41, 5.74) is 1.57. The van der Waals surface area contributed by atoms with E-state index in [1.165, 1.54) is 18.4 Å². The normalized spacial score (nSPS) is 15.5. The minimum absolute atomic E-state index is 0.288. The Labute approximate surface area is 71.0 Å². The van der Waals surface area contributed by atoms with Gasteiger partial charge in [-0.25, -0.2) is 0 Å². The molecule has 0 saturated carbocycles. The van der Waals surface area contributed by atoms with Crippen molar-refractivity contribution in [1.82, 2.24) is 0 Å². The van der Waals surface area contributed by atoms with Crippen molar-refractivity contribution in [2.24, 2.45) is 5.41 Å². The van der Waals surface area contributed by atoms with E-state index in [0.29, 0.717) is 0 Å². The summed E-state index contributed by atoms with van der Waals surface area (Å²) in [6.07, 6.45) is 5.48. The molecular weight excluding hydrogens is 132 g/mol. The second-order valence-corrected chi connectivity index (χ2v) is 3.58. The summed E-state index contributed by atoms with van der Waals surface area (Å²) in [7, 11) is 0. The monoisotopic (exact) mass is 152 g/mol. The minimum atomic E-state index is 0.288. The zero-order valence-electron chi connectivity index (χ0n) is 8.11. The molecule has 0 aromatic rings. The molecule has 0 aromatic heterocycles. The molecule has 0 bridgehead atoms. The van der Waals surface area contributed by atoms with Crippen LogP contribution >= 0.6 is 0 Å². The average Bonchev–Trinajstić information content (AvgIpc) is 1.88. The molecule has 0 aliphatic rings. The van der Waals surface area contributed by atoms with E-state index in [0.717, 1.165) is 6.42 Å². The second kappa shape index (κ2) is 4.38. The minimum Gasteiger partial charge on any atom is -0.103 e. The highest BCUT2D eigenvalue weighted by Gasteiger charge is 2.21. The van der Waals surface area contributed by atoms with Crippen LogP contribution in [0, 0.1) is 5.41 Å². The molecular formula is C11H20. The first kappa shape index (κ1) is 10.5. The highest BCUT2D eigenvalue weighted by atomic mass is 14.3. The van der Waals surface area contributed by atoms with Gasteiger partial charge in [-0.1, -0.05) is 38.5 Å². The van der Waals surface area contributed by atoms with Crippen molar-refractivity contribution in [3.05, 3.63) is 24.8 Å². The Morgan fingerprint density at radius 2 is 2.09 bits per heavy atom. The molecule has 0 N–H and O–H groups in total. The summed E-state index contributed by atoms with van der Waals surface area (Å²) in [4.78, 5) is 0. The van der Waals surface area contributed by atoms with Crippen LogP contribution in [0.15, 0.2) is 24.8 Å². The molecule has 0 amide bonds. The molecule has 1 unspecified atom stereocenters. The predicted octanol–water partition coefficient (Wildman–Crippen LogP) is 3.95. The van der Waals surface area contributed by atoms with E-state index in [1.54, 1.807) is 0 Å². The third kappa shape index (κ3) is 2.92. The molecule has 0 aromatic carbocycles. The lowest BCUT2D eigenvalue weighted by Crippen LogP contribution is -2.15. The maximum atomic E-state index is 4.02. The van der Waals surface area contributed by atoms with Gasteiger partial charge in [-0.3, -0.25) is 0 Å². The van der Waals surface area contributed by atoms with Crippen LogP contribution in [0.3, 0.4) is 0 Å². The number of allylic oxidation sites excluding steroid dienone is 2. The van der Waals surface area contributed by atoms with Crippen LogP contribution in [-0.4, -0.2) is 0 Å². The molecule has 0 fully saturated rings. The van der Waals surface area contributed by atoms with Crippen molar-refractivity contribution in [2.45, 2.75) is 40.0 Å². The maximum absolute atomic E-state index is 4.02. The highest BCUT2D eigenvalue weighted by molar-refractivity contribution is 5.07. The summed E-state index contributed by atoms with van der Waals surface area (Å²) in [6.45, 7) is 14.4. The summed E-state index contributed by atoms with van der Waals surface area (Å²) in [5, 5.41) is 0. The zero-order valence-corrected chi connectivity index (χ0v) is 8.11. The van der Waals surface area contributed by atoms with Crippen LogP contribution < -0.4 is 0 Å². The van der Waals surface area contributed by atoms with Crippen molar-refractivity contribution < 1.29 is 0 Å². The first-order chi connectivity index (χ1) is 5.06. The molecule has 0 radical (unpaired) electrons. The Morgan fingerprint density at radius 3 is 2.36 bits per heavy atom. The summed E-state index contributed by atoms with van der Waals surface area (Å²) < 4.78 is 0. The Morgan fingerprint density at radius 1 is 1.55 bits per heavy atom. The van der Waals surface area contributed by atoms with Gasteiger partial charge in [0.2, 0.25) is 0 Å². The summed E-state index contributed by atoms with van der Waals surface area (Å²) >= 11 is 0. The fourth-order valence-electron chi connectivity index (χ4n) is 1.36. The molecule has 0 nitrogen and oxygen atoms in total. The van der Waals surface area contributed by atoms with E-state index in [-0.39, 0.29) is 5.41 Å². The van der Waals surface area contributed by atoms with Crippen LogP contribution in [0.2, 0.25) is 0 Å². The average molecular weight is 152 g/mol. The van der Waals surface area contributed by atoms with Gasteiger partial charge in [0.1, 0.15) is 0 Å². The second-order valence-electron chi connectivity index (χ2n) is 3.58. The highest BCUT2D eigenvalue weighted by Crippen LogP contribution is 2.34. The Kier molecular flexibility index (Phi) is 4.17. The van der Waals surface area contributed by atoms with Crippen molar-refractivity contribution in [2.75, 3.05) is 0 Å². The third-order valence-electron chi connectivity index (χ3n) is 2.43. The SMILES string of the molecule is C=CCC(C)(CCC)C(=C)C. The molecule has 64 valence electrons. The molecule has 0 aliphatic heterocycles. The quantitative estimate of drug-likeness (QED) is 0.523. The first-order valence-electron chi connectivity index (χ1n) is 4.33. The molecule has 1 atom stereocenters. The van der Waals surface area contributed by atoms with Gasteiger partial charge in [0.05, 0.1) is 0 Å². The van der Waals surface area contributed by atoms with Crippen LogP contribution in [0.1, 0.15) is 40.0 Å². The summed E-state index contributed by atoms with van der Waals surface area (Å²) in [5.74, 6) is 0. The lowest BCUT2D eigenvalue weighted by molar-refractivity contribution is 0.366. The third-order valence-corrected chi connectivity index (χ3v) is 2.43. The van der Waals surface area contributed by atoms with Gasteiger partial charge in [0.25, 0.3) is 0 Å². The standard InChI is InChI=1S/C11H20/c1-6-8-11(5,9-7-2)10(3)4/h6H,1,3,7-9H2,2,4-5H3. The van der Waals surface area contributed by atoms with Gasteiger partial charge < -0.3 is 0 Å². The zero-order chi connectivity index (χ0) is 8.91. The van der Waals surface area contributed by atoms with Crippen LogP contribution in [-0.2, 0) is 0 Å². The van der Waals surface area contributed by atoms with Gasteiger partial charge in [-0.15, -0.1) is 6.58 Å². The van der Waals surface area contributed by atoms with E-state index in [9.17, 15) is 0 Å². The molecule has 0 heterocycles. The number of rotatable bonds is 5. The Balaban J connectivity index is 4.24. The van der Waals surface area contributed by atoms with E-state index in [1.807, 2.05) is 6.08 Å². The van der Waals surface area contributed by atoms with Crippen molar-refractivity contribution in [3.63, 3.8) is 0 Å². The predicted molar refractivity (Wildman–Crippen MR) is 52.6 cm³/mol. The van der Waals surface area contributed by atoms with Gasteiger partial charge >= 0.3 is 0 Å². The van der Waals surface area contributed by atoms with E-state index in [4.69, 9.17) is 0 Å². The smallest absolute Gasteiger partial charge is 0.00876 e. The first-order valence-corrected chi connectivity index (χ1v) is 4.33. The Hall–Kier alpha value is -0.520. The van der Waals surface area contributed by atoms with Crippen molar-refractivity contribution >= 4 is 0 Å². The van der Waals surface area contributed by atoms with Crippen LogP contribution in [0.25, 0.3) is 0 Å². The van der Waals surface area contributed by atoms with Gasteiger partial charge in [0, 0.05) is 0 Å². The summed E-state index contributed by atoms with van der Waals surface area (Å²) in [6, 6.07) is 0. The lowest BCUT2D eigenvalue weighted by atomic mass is 9.77. The fourth-order valence-corrected chi connectivity index (χ4v) is 1.36. The number of hydrogen-bond donors (Lipinski definition) is 0.